The highest BCUT2D eigenvalue weighted by Crippen LogP contribution is 1.99. The first-order valence-electron chi connectivity index (χ1n) is 5.17. The first-order chi connectivity index (χ1) is 6.72. The van der Waals surface area contributed by atoms with E-state index in [0.29, 0.717) is 12.2 Å². The number of allylic oxidation sites excluding steroid dienone is 3. The summed E-state index contributed by atoms with van der Waals surface area (Å²) in [5.74, 6) is -0.202. The molecule has 0 aliphatic heterocycles. The van der Waals surface area contributed by atoms with Crippen LogP contribution in [0.3, 0.4) is 0 Å². The lowest BCUT2D eigenvalue weighted by atomic mass is 10.3. The van der Waals surface area contributed by atoms with Crippen LogP contribution >= 0.6 is 0 Å². The molecule has 0 aliphatic rings. The van der Waals surface area contributed by atoms with Crippen LogP contribution in [0.1, 0.15) is 40.0 Å². The lowest BCUT2D eigenvalue weighted by Crippen LogP contribution is -2.06. The molecule has 0 atom stereocenters. The number of hydrogen-bond acceptors (Lipinski definition) is 2. The number of rotatable bonds is 6. The monoisotopic (exact) mass is 196 g/mol. The van der Waals surface area contributed by atoms with Crippen LogP contribution in [0, 0.1) is 0 Å². The average Bonchev–Trinajstić information content (AvgIpc) is 2.21. The Hall–Kier alpha value is -1.05. The van der Waals surface area contributed by atoms with Gasteiger partial charge in [0.1, 0.15) is 0 Å². The lowest BCUT2D eigenvalue weighted by Gasteiger charge is -2.02. The summed E-state index contributed by atoms with van der Waals surface area (Å²) in [5, 5.41) is 0. The molecule has 0 aliphatic carbocycles. The van der Waals surface area contributed by atoms with Crippen molar-refractivity contribution in [1.82, 2.24) is 0 Å². The van der Waals surface area contributed by atoms with Crippen molar-refractivity contribution in [3.8, 4) is 0 Å². The number of esters is 1. The standard InChI is InChI=1S/C12H20O2/c1-4-6-7-8-9-10-14-12(13)11(3)5-2/h5-7H,4,8-10H2,1-3H3/b7-6-,11-5-. The normalized spacial score (nSPS) is 12.1. The molecule has 0 heterocycles. The minimum absolute atomic E-state index is 0.202. The first-order valence-corrected chi connectivity index (χ1v) is 5.17. The molecular weight excluding hydrogens is 176 g/mol. The zero-order valence-electron chi connectivity index (χ0n) is 9.38. The molecule has 0 fully saturated rings. The highest BCUT2D eigenvalue weighted by atomic mass is 16.5. The van der Waals surface area contributed by atoms with Crippen LogP contribution < -0.4 is 0 Å². The molecule has 80 valence electrons. The molecule has 0 radical (unpaired) electrons. The Balaban J connectivity index is 3.46. The smallest absolute Gasteiger partial charge is 0.333 e. The minimum atomic E-state index is -0.202. The van der Waals surface area contributed by atoms with E-state index in [4.69, 9.17) is 4.74 Å². The maximum absolute atomic E-state index is 11.2. The van der Waals surface area contributed by atoms with E-state index in [1.807, 2.05) is 6.92 Å². The Morgan fingerprint density at radius 3 is 2.64 bits per heavy atom. The van der Waals surface area contributed by atoms with Crippen molar-refractivity contribution in [2.45, 2.75) is 40.0 Å². The van der Waals surface area contributed by atoms with Crippen molar-refractivity contribution in [1.29, 1.82) is 0 Å². The molecule has 0 saturated carbocycles. The van der Waals surface area contributed by atoms with Gasteiger partial charge in [0.2, 0.25) is 0 Å². The summed E-state index contributed by atoms with van der Waals surface area (Å²) >= 11 is 0. The third kappa shape index (κ3) is 6.46. The van der Waals surface area contributed by atoms with Crippen LogP contribution in [0.4, 0.5) is 0 Å². The molecule has 0 N–H and O–H groups in total. The molecule has 0 spiro atoms. The van der Waals surface area contributed by atoms with Gasteiger partial charge in [0.05, 0.1) is 6.61 Å². The molecule has 0 amide bonds. The van der Waals surface area contributed by atoms with Gasteiger partial charge in [0.15, 0.2) is 0 Å². The third-order valence-corrected chi connectivity index (χ3v) is 1.91. The number of ether oxygens (including phenoxy) is 1. The van der Waals surface area contributed by atoms with Crippen LogP contribution in [0.25, 0.3) is 0 Å². The van der Waals surface area contributed by atoms with Crippen molar-refractivity contribution in [3.63, 3.8) is 0 Å². The van der Waals surface area contributed by atoms with Crippen LogP contribution in [0.15, 0.2) is 23.8 Å². The van der Waals surface area contributed by atoms with E-state index in [0.717, 1.165) is 19.3 Å². The van der Waals surface area contributed by atoms with Gasteiger partial charge in [0, 0.05) is 5.57 Å². The Morgan fingerprint density at radius 1 is 1.36 bits per heavy atom. The van der Waals surface area contributed by atoms with Gasteiger partial charge in [0.25, 0.3) is 0 Å². The molecule has 0 saturated heterocycles. The van der Waals surface area contributed by atoms with E-state index in [1.54, 1.807) is 13.0 Å². The molecule has 14 heavy (non-hydrogen) atoms. The van der Waals surface area contributed by atoms with Crippen molar-refractivity contribution in [2.75, 3.05) is 6.61 Å². The molecule has 2 heteroatoms. The average molecular weight is 196 g/mol. The summed E-state index contributed by atoms with van der Waals surface area (Å²) in [5.41, 5.74) is 0.675. The molecule has 0 aromatic carbocycles. The van der Waals surface area contributed by atoms with E-state index in [-0.39, 0.29) is 5.97 Å². The summed E-state index contributed by atoms with van der Waals surface area (Å²) in [7, 11) is 0. The van der Waals surface area contributed by atoms with Gasteiger partial charge in [-0.2, -0.15) is 0 Å². The summed E-state index contributed by atoms with van der Waals surface area (Å²) in [6.07, 6.45) is 8.96. The number of carbonyl (C=O) groups excluding carboxylic acids is 1. The Morgan fingerprint density at radius 2 is 2.07 bits per heavy atom. The third-order valence-electron chi connectivity index (χ3n) is 1.91. The maximum atomic E-state index is 11.2. The predicted octanol–water partition coefficient (Wildman–Crippen LogP) is 3.24. The van der Waals surface area contributed by atoms with Crippen molar-refractivity contribution >= 4 is 5.97 Å². The van der Waals surface area contributed by atoms with Crippen LogP contribution in [-0.2, 0) is 9.53 Å². The summed E-state index contributed by atoms with van der Waals surface area (Å²) in [6, 6.07) is 0. The lowest BCUT2D eigenvalue weighted by molar-refractivity contribution is -0.139. The molecule has 2 nitrogen and oxygen atoms in total. The molecule has 0 unspecified atom stereocenters. The van der Waals surface area contributed by atoms with Gasteiger partial charge in [-0.15, -0.1) is 0 Å². The van der Waals surface area contributed by atoms with Crippen molar-refractivity contribution in [2.24, 2.45) is 0 Å². The largest absolute Gasteiger partial charge is 0.462 e. The number of hydrogen-bond donors (Lipinski definition) is 0. The van der Waals surface area contributed by atoms with Crippen LogP contribution in [0.5, 0.6) is 0 Å². The van der Waals surface area contributed by atoms with Gasteiger partial charge < -0.3 is 4.74 Å². The summed E-state index contributed by atoms with van der Waals surface area (Å²) < 4.78 is 5.03. The zero-order valence-corrected chi connectivity index (χ0v) is 9.38. The van der Waals surface area contributed by atoms with Gasteiger partial charge in [-0.05, 0) is 33.1 Å². The first kappa shape index (κ1) is 12.9. The Kier molecular flexibility index (Phi) is 7.90. The van der Waals surface area contributed by atoms with Gasteiger partial charge in [-0.25, -0.2) is 4.79 Å². The second kappa shape index (κ2) is 8.54. The maximum Gasteiger partial charge on any atom is 0.333 e. The van der Waals surface area contributed by atoms with E-state index in [1.165, 1.54) is 0 Å². The molecule has 0 bridgehead atoms. The minimum Gasteiger partial charge on any atom is -0.462 e. The Labute approximate surface area is 86.6 Å². The van der Waals surface area contributed by atoms with Crippen molar-refractivity contribution < 1.29 is 9.53 Å². The van der Waals surface area contributed by atoms with Gasteiger partial charge in [-0.3, -0.25) is 0 Å². The highest BCUT2D eigenvalue weighted by Gasteiger charge is 2.02. The molecular formula is C12H20O2. The number of unbranched alkanes of at least 4 members (excludes halogenated alkanes) is 1. The van der Waals surface area contributed by atoms with Crippen molar-refractivity contribution in [3.05, 3.63) is 23.8 Å². The molecule has 0 aromatic rings. The van der Waals surface area contributed by atoms with Gasteiger partial charge >= 0.3 is 5.97 Å². The predicted molar refractivity (Wildman–Crippen MR) is 59.1 cm³/mol. The van der Waals surface area contributed by atoms with E-state index in [9.17, 15) is 4.79 Å². The number of carbonyl (C=O) groups is 1. The topological polar surface area (TPSA) is 26.3 Å². The fourth-order valence-corrected chi connectivity index (χ4v) is 0.882. The molecule has 0 rings (SSSR count). The fourth-order valence-electron chi connectivity index (χ4n) is 0.882. The second-order valence-electron chi connectivity index (χ2n) is 3.13. The summed E-state index contributed by atoms with van der Waals surface area (Å²) in [4.78, 5) is 11.2. The van der Waals surface area contributed by atoms with E-state index < -0.39 is 0 Å². The quantitative estimate of drug-likeness (QED) is 0.282. The second-order valence-corrected chi connectivity index (χ2v) is 3.13. The van der Waals surface area contributed by atoms with Crippen LogP contribution in [-0.4, -0.2) is 12.6 Å². The fraction of sp³-hybridized carbons (Fsp3) is 0.583. The van der Waals surface area contributed by atoms with Crippen LogP contribution in [0.2, 0.25) is 0 Å². The zero-order chi connectivity index (χ0) is 10.8. The van der Waals surface area contributed by atoms with Gasteiger partial charge in [-0.1, -0.05) is 25.2 Å². The van der Waals surface area contributed by atoms with E-state index >= 15 is 0 Å². The van der Waals surface area contributed by atoms with E-state index in [2.05, 4.69) is 19.1 Å². The molecule has 0 aromatic heterocycles. The summed E-state index contributed by atoms with van der Waals surface area (Å²) in [6.45, 7) is 6.21. The SMILES string of the molecule is C/C=C(/C)C(=O)OCCC/C=C\CC. The Bertz CT molecular complexity index is 214. The highest BCUT2D eigenvalue weighted by molar-refractivity contribution is 5.87.